The number of nitrogens with one attached hydrogen (secondary N) is 1. The summed E-state index contributed by atoms with van der Waals surface area (Å²) in [7, 11) is 0. The third-order valence-corrected chi connectivity index (χ3v) is 4.03. The summed E-state index contributed by atoms with van der Waals surface area (Å²) in [5, 5.41) is 2.25. The molecule has 0 spiro atoms. The molecule has 0 radical (unpaired) electrons. The molecule has 25 heavy (non-hydrogen) atoms. The van der Waals surface area contributed by atoms with Crippen LogP contribution in [0.2, 0.25) is 10.0 Å². The molecular weight excluding hydrogens is 406 g/mol. The van der Waals surface area contributed by atoms with Gasteiger partial charge in [0.15, 0.2) is 5.57 Å². The average molecular weight is 416 g/mol. The van der Waals surface area contributed by atoms with Crippen molar-refractivity contribution in [3.8, 4) is 0 Å². The van der Waals surface area contributed by atoms with Crippen molar-refractivity contribution in [3.63, 3.8) is 0 Å². The summed E-state index contributed by atoms with van der Waals surface area (Å²) in [4.78, 5) is 23.4. The van der Waals surface area contributed by atoms with Gasteiger partial charge >= 0.3 is 17.4 Å². The topological polar surface area (TPSA) is 64.6 Å². The molecule has 0 saturated carbocycles. The first-order valence-corrected chi connectivity index (χ1v) is 8.13. The molecule has 1 fully saturated rings. The number of alkyl halides is 3. The number of rotatable bonds is 3. The van der Waals surface area contributed by atoms with Crippen molar-refractivity contribution in [3.05, 3.63) is 34.0 Å². The van der Waals surface area contributed by atoms with Crippen LogP contribution in [0.15, 0.2) is 28.8 Å². The van der Waals surface area contributed by atoms with Crippen molar-refractivity contribution in [2.75, 3.05) is 5.32 Å². The van der Waals surface area contributed by atoms with E-state index in [1.807, 2.05) is 0 Å². The summed E-state index contributed by atoms with van der Waals surface area (Å²) in [5.74, 6) is -3.24. The Balaban J connectivity index is 2.23. The van der Waals surface area contributed by atoms with Gasteiger partial charge in [0.2, 0.25) is 0 Å². The van der Waals surface area contributed by atoms with Crippen LogP contribution in [-0.4, -0.2) is 23.2 Å². The van der Waals surface area contributed by atoms with Crippen LogP contribution < -0.4 is 5.32 Å². The highest BCUT2D eigenvalue weighted by Gasteiger charge is 2.39. The van der Waals surface area contributed by atoms with Gasteiger partial charge in [-0.15, -0.1) is 0 Å². The molecule has 1 heterocycles. The Labute approximate surface area is 154 Å². The van der Waals surface area contributed by atoms with Crippen molar-refractivity contribution in [2.24, 2.45) is 0 Å². The maximum absolute atomic E-state index is 12.4. The Morgan fingerprint density at radius 3 is 2.04 bits per heavy atom. The normalized spacial score (nSPS) is 17.0. The van der Waals surface area contributed by atoms with E-state index in [-0.39, 0.29) is 32.4 Å². The second-order valence-electron chi connectivity index (χ2n) is 5.19. The number of esters is 2. The molecule has 0 atom stereocenters. The zero-order valence-corrected chi connectivity index (χ0v) is 15.0. The van der Waals surface area contributed by atoms with Crippen molar-refractivity contribution < 1.29 is 32.2 Å². The van der Waals surface area contributed by atoms with Gasteiger partial charge in [-0.1, -0.05) is 23.2 Å². The summed E-state index contributed by atoms with van der Waals surface area (Å²) in [6.45, 7) is 2.77. The van der Waals surface area contributed by atoms with E-state index in [4.69, 9.17) is 32.7 Å². The minimum Gasteiger partial charge on any atom is -0.419 e. The Bertz CT molecular complexity index is 720. The van der Waals surface area contributed by atoms with Gasteiger partial charge < -0.3 is 14.8 Å². The third kappa shape index (κ3) is 5.20. The molecule has 0 bridgehead atoms. The van der Waals surface area contributed by atoms with Gasteiger partial charge in [0, 0.05) is 24.9 Å². The van der Waals surface area contributed by atoms with Gasteiger partial charge in [0.05, 0.1) is 15.7 Å². The number of ether oxygens (including phenoxy) is 2. The van der Waals surface area contributed by atoms with Crippen LogP contribution in [0.3, 0.4) is 0 Å². The molecule has 0 unspecified atom stereocenters. The number of halogens is 5. The summed E-state index contributed by atoms with van der Waals surface area (Å²) in [6, 6.07) is 2.10. The van der Waals surface area contributed by atoms with Crippen molar-refractivity contribution in [1.82, 2.24) is 0 Å². The maximum atomic E-state index is 12.4. The summed E-state index contributed by atoms with van der Waals surface area (Å²) < 4.78 is 47.0. The fourth-order valence-corrected chi connectivity index (χ4v) is 3.15. The molecular formula is C14H10Cl2F3NO4S. The van der Waals surface area contributed by atoms with Crippen LogP contribution in [0, 0.1) is 0 Å². The fourth-order valence-electron chi connectivity index (χ4n) is 1.80. The van der Waals surface area contributed by atoms with Gasteiger partial charge in [-0.2, -0.15) is 13.2 Å². The molecule has 1 aromatic rings. The first-order valence-electron chi connectivity index (χ1n) is 6.56. The molecule has 1 aromatic carbocycles. The zero-order chi connectivity index (χ0) is 19.0. The van der Waals surface area contributed by atoms with Gasteiger partial charge in [0.25, 0.3) is 5.79 Å². The van der Waals surface area contributed by atoms with E-state index in [0.717, 1.165) is 18.3 Å². The lowest BCUT2D eigenvalue weighted by Gasteiger charge is -2.29. The smallest absolute Gasteiger partial charge is 0.419 e. The molecule has 136 valence electrons. The Morgan fingerprint density at radius 1 is 1.12 bits per heavy atom. The SMILES string of the molecule is CC1(C)OC(=O)C(=CNc2c(Cl)cc(SC(F)(F)F)cc2Cl)C(=O)O1. The van der Waals surface area contributed by atoms with Crippen LogP contribution in [0.4, 0.5) is 18.9 Å². The third-order valence-electron chi connectivity index (χ3n) is 2.73. The van der Waals surface area contributed by atoms with E-state index < -0.39 is 28.8 Å². The first-order chi connectivity index (χ1) is 11.4. The molecule has 0 aromatic heterocycles. The van der Waals surface area contributed by atoms with Crippen LogP contribution in [0.25, 0.3) is 0 Å². The minimum atomic E-state index is -4.49. The van der Waals surface area contributed by atoms with E-state index >= 15 is 0 Å². The van der Waals surface area contributed by atoms with Crippen molar-refractivity contribution >= 4 is 52.6 Å². The monoisotopic (exact) mass is 415 g/mol. The number of hydrogen-bond donors (Lipinski definition) is 1. The number of thioether (sulfide) groups is 1. The van der Waals surface area contributed by atoms with E-state index in [2.05, 4.69) is 5.32 Å². The van der Waals surface area contributed by atoms with Crippen molar-refractivity contribution in [1.29, 1.82) is 0 Å². The Hall–Kier alpha value is -1.58. The molecule has 0 amide bonds. The number of anilines is 1. The maximum Gasteiger partial charge on any atom is 0.446 e. The Kier molecular flexibility index (Phi) is 5.50. The predicted molar refractivity (Wildman–Crippen MR) is 86.3 cm³/mol. The minimum absolute atomic E-state index is 0.0211. The lowest BCUT2D eigenvalue weighted by molar-refractivity contribution is -0.222. The van der Waals surface area contributed by atoms with E-state index in [1.165, 1.54) is 13.8 Å². The molecule has 1 N–H and O–H groups in total. The quantitative estimate of drug-likeness (QED) is 0.333. The predicted octanol–water partition coefficient (Wildman–Crippen LogP) is 4.74. The van der Waals surface area contributed by atoms with Gasteiger partial charge in [0.1, 0.15) is 0 Å². The van der Waals surface area contributed by atoms with Crippen molar-refractivity contribution in [2.45, 2.75) is 30.0 Å². The number of carbonyl (C=O) groups excluding carboxylic acids is 2. The largest absolute Gasteiger partial charge is 0.446 e. The number of hydrogen-bond acceptors (Lipinski definition) is 6. The highest BCUT2D eigenvalue weighted by molar-refractivity contribution is 8.00. The molecule has 11 heteroatoms. The summed E-state index contributed by atoms with van der Waals surface area (Å²) in [6.07, 6.45) is 0.962. The molecule has 1 aliphatic heterocycles. The molecule has 1 saturated heterocycles. The highest BCUT2D eigenvalue weighted by Crippen LogP contribution is 2.42. The first kappa shape index (κ1) is 19.7. The molecule has 0 aliphatic carbocycles. The van der Waals surface area contributed by atoms with Crippen LogP contribution in [-0.2, 0) is 19.1 Å². The Morgan fingerprint density at radius 2 is 1.60 bits per heavy atom. The second-order valence-corrected chi connectivity index (χ2v) is 7.14. The van der Waals surface area contributed by atoms with E-state index in [9.17, 15) is 22.8 Å². The van der Waals surface area contributed by atoms with E-state index in [0.29, 0.717) is 0 Å². The highest BCUT2D eigenvalue weighted by atomic mass is 35.5. The number of benzene rings is 1. The zero-order valence-electron chi connectivity index (χ0n) is 12.7. The number of cyclic esters (lactones) is 2. The molecule has 1 aliphatic rings. The average Bonchev–Trinajstić information content (AvgIpc) is 2.36. The lowest BCUT2D eigenvalue weighted by Crippen LogP contribution is -2.42. The van der Waals surface area contributed by atoms with Crippen LogP contribution in [0.5, 0.6) is 0 Å². The van der Waals surface area contributed by atoms with Crippen LogP contribution in [0.1, 0.15) is 13.8 Å². The van der Waals surface area contributed by atoms with E-state index in [1.54, 1.807) is 0 Å². The molecule has 5 nitrogen and oxygen atoms in total. The summed E-state index contributed by atoms with van der Waals surface area (Å²) in [5.41, 5.74) is -4.92. The standard InChI is InChI=1S/C14H10Cl2F3NO4S/c1-13(2)23-11(21)7(12(22)24-13)5-20-10-8(15)3-6(4-9(10)16)25-14(17,18)19/h3-5,20H,1-2H3. The fraction of sp³-hybridized carbons (Fsp3) is 0.286. The number of carbonyl (C=O) groups is 2. The lowest BCUT2D eigenvalue weighted by atomic mass is 10.2. The molecule has 2 rings (SSSR count). The van der Waals surface area contributed by atoms with Gasteiger partial charge in [-0.25, -0.2) is 9.59 Å². The van der Waals surface area contributed by atoms with Gasteiger partial charge in [-0.3, -0.25) is 0 Å². The van der Waals surface area contributed by atoms with Crippen LogP contribution >= 0.6 is 35.0 Å². The summed E-state index contributed by atoms with van der Waals surface area (Å²) >= 11 is 11.4. The van der Waals surface area contributed by atoms with Gasteiger partial charge in [-0.05, 0) is 23.9 Å². The second kappa shape index (κ2) is 6.97.